The molecule has 9 nitrogen and oxygen atoms in total. The van der Waals surface area contributed by atoms with Crippen LogP contribution < -0.4 is 10.2 Å². The Kier molecular flexibility index (Phi) is 46.2. The maximum absolute atomic E-state index is 13.5. The van der Waals surface area contributed by atoms with E-state index in [-0.39, 0.29) is 24.9 Å². The van der Waals surface area contributed by atoms with Gasteiger partial charge in [0.15, 0.2) is 0 Å². The first-order valence-corrected chi connectivity index (χ1v) is 29.4. The Morgan fingerprint density at radius 1 is 0.537 bits per heavy atom. The van der Waals surface area contributed by atoms with Crippen LogP contribution in [0.1, 0.15) is 252 Å². The molecule has 1 amide bonds. The second kappa shape index (κ2) is 47.6. The summed E-state index contributed by atoms with van der Waals surface area (Å²) in [6, 6.07) is -0.893. The number of phosphoric ester groups is 1. The quantitative estimate of drug-likeness (QED) is 0.0212. The van der Waals surface area contributed by atoms with E-state index in [0.717, 1.165) is 83.5 Å². The van der Waals surface area contributed by atoms with E-state index in [9.17, 15) is 19.0 Å². The summed E-state index contributed by atoms with van der Waals surface area (Å²) in [6.45, 7) is 6.72. The summed E-state index contributed by atoms with van der Waals surface area (Å²) in [5.74, 6) is -0.562. The predicted molar refractivity (Wildman–Crippen MR) is 284 cm³/mol. The van der Waals surface area contributed by atoms with Crippen molar-refractivity contribution in [1.29, 1.82) is 0 Å². The smallest absolute Gasteiger partial charge is 0.306 e. The molecule has 1 N–H and O–H groups in total. The van der Waals surface area contributed by atoms with Crippen LogP contribution in [0.4, 0.5) is 0 Å². The molecule has 0 bridgehead atoms. The lowest BCUT2D eigenvalue weighted by molar-refractivity contribution is -0.870. The van der Waals surface area contributed by atoms with Gasteiger partial charge in [0.25, 0.3) is 7.82 Å². The number of hydrogen-bond acceptors (Lipinski definition) is 7. The summed E-state index contributed by atoms with van der Waals surface area (Å²) >= 11 is 0. The third-order valence-corrected chi connectivity index (χ3v) is 13.2. The maximum atomic E-state index is 13.5. The molecule has 0 radical (unpaired) electrons. The molecule has 0 saturated carbocycles. The molecule has 0 aromatic heterocycles. The number of carbonyl (C=O) groups excluding carboxylic acids is 2. The van der Waals surface area contributed by atoms with Crippen LogP contribution >= 0.6 is 7.82 Å². The number of allylic oxidation sites excluding steroid dienone is 7. The van der Waals surface area contributed by atoms with Gasteiger partial charge in [0.05, 0.1) is 33.8 Å². The van der Waals surface area contributed by atoms with Gasteiger partial charge < -0.3 is 28.5 Å². The van der Waals surface area contributed by atoms with Gasteiger partial charge in [-0.1, -0.05) is 224 Å². The van der Waals surface area contributed by atoms with Crippen LogP contribution in [0.5, 0.6) is 0 Å². The number of amides is 1. The molecule has 0 aliphatic heterocycles. The molecule has 0 spiro atoms. The molecule has 0 aliphatic rings. The Bertz CT molecular complexity index is 1290. The van der Waals surface area contributed by atoms with Crippen molar-refractivity contribution in [2.75, 3.05) is 40.9 Å². The average Bonchev–Trinajstić information content (AvgIpc) is 3.28. The standard InChI is InChI=1S/C57H107N2O7P/c1-7-10-13-16-19-22-25-28-30-31-34-37-40-43-46-49-56(60)58-54(53-65-67(62,63)64-52-51-59(4,5)6)55(48-45-42-39-36-33-27-24-21-18-15-12-9-3)66-57(61)50-47-44-41-38-35-32-29-26-23-20-17-14-11-8-2/h11,14,20,23,29,32,45,48,54-55H,7-10,12-13,15-19,21-22,24-28,30-31,33-44,46-47,49-53H2,1-6H3,(H-,58,60,62,63)/b14-11+,23-20+,32-29+,48-45+. The first-order valence-electron chi connectivity index (χ1n) is 27.9. The number of quaternary nitrogens is 1. The van der Waals surface area contributed by atoms with E-state index in [1.807, 2.05) is 33.3 Å². The maximum Gasteiger partial charge on any atom is 0.306 e. The summed E-state index contributed by atoms with van der Waals surface area (Å²) < 4.78 is 30.2. The van der Waals surface area contributed by atoms with Crippen molar-refractivity contribution < 1.29 is 37.3 Å². The molecule has 0 aromatic carbocycles. The highest BCUT2D eigenvalue weighted by Crippen LogP contribution is 2.38. The lowest BCUT2D eigenvalue weighted by atomic mass is 10.0. The molecule has 3 unspecified atom stereocenters. The summed E-state index contributed by atoms with van der Waals surface area (Å²) in [5.41, 5.74) is 0. The van der Waals surface area contributed by atoms with Crippen LogP contribution in [0, 0.1) is 0 Å². The highest BCUT2D eigenvalue weighted by molar-refractivity contribution is 7.45. The zero-order valence-corrected chi connectivity index (χ0v) is 45.5. The third kappa shape index (κ3) is 48.8. The third-order valence-electron chi connectivity index (χ3n) is 12.3. The van der Waals surface area contributed by atoms with Crippen molar-refractivity contribution in [3.8, 4) is 0 Å². The van der Waals surface area contributed by atoms with Gasteiger partial charge >= 0.3 is 5.97 Å². The van der Waals surface area contributed by atoms with Crippen LogP contribution in [0.15, 0.2) is 48.6 Å². The van der Waals surface area contributed by atoms with E-state index >= 15 is 0 Å². The average molecular weight is 963 g/mol. The van der Waals surface area contributed by atoms with Gasteiger partial charge in [-0.15, -0.1) is 0 Å². The minimum atomic E-state index is -4.69. The van der Waals surface area contributed by atoms with Crippen molar-refractivity contribution in [3.63, 3.8) is 0 Å². The molecule has 0 heterocycles. The van der Waals surface area contributed by atoms with Gasteiger partial charge in [-0.2, -0.15) is 0 Å². The zero-order valence-electron chi connectivity index (χ0n) is 44.6. The molecule has 0 saturated heterocycles. The van der Waals surface area contributed by atoms with Gasteiger partial charge in [0.1, 0.15) is 19.3 Å². The second-order valence-electron chi connectivity index (χ2n) is 20.1. The molecule has 0 rings (SSSR count). The number of hydrogen-bond donors (Lipinski definition) is 1. The molecule has 3 atom stereocenters. The molecule has 0 aromatic rings. The summed E-state index contributed by atoms with van der Waals surface area (Å²) in [5, 5.41) is 3.01. The number of nitrogens with one attached hydrogen (secondary N) is 1. The normalized spacial score (nSPS) is 14.2. The lowest BCUT2D eigenvalue weighted by Gasteiger charge is -2.30. The molecule has 0 fully saturated rings. The second-order valence-corrected chi connectivity index (χ2v) is 21.5. The Balaban J connectivity index is 5.39. The summed E-state index contributed by atoms with van der Waals surface area (Å²) in [4.78, 5) is 39.8. The molecule has 0 aliphatic carbocycles. The van der Waals surface area contributed by atoms with Crippen molar-refractivity contribution >= 4 is 19.7 Å². The Hall–Kier alpha value is -2.03. The Labute approximate surface area is 414 Å². The number of esters is 1. The molecular formula is C57H107N2O7P. The fourth-order valence-electron chi connectivity index (χ4n) is 7.95. The van der Waals surface area contributed by atoms with Crippen LogP contribution in [0.25, 0.3) is 0 Å². The molecule has 67 heavy (non-hydrogen) atoms. The summed E-state index contributed by atoms with van der Waals surface area (Å²) in [6.07, 6.45) is 56.4. The van der Waals surface area contributed by atoms with Crippen molar-refractivity contribution in [2.45, 2.75) is 264 Å². The van der Waals surface area contributed by atoms with Gasteiger partial charge in [-0.3, -0.25) is 14.2 Å². The van der Waals surface area contributed by atoms with Gasteiger partial charge in [0, 0.05) is 12.8 Å². The molecule has 10 heteroatoms. The number of nitrogens with zero attached hydrogens (tertiary/aromatic N) is 1. The Morgan fingerprint density at radius 3 is 1.43 bits per heavy atom. The van der Waals surface area contributed by atoms with Gasteiger partial charge in [0.2, 0.25) is 5.91 Å². The highest BCUT2D eigenvalue weighted by atomic mass is 31.2. The van der Waals surface area contributed by atoms with Crippen LogP contribution in [-0.2, 0) is 27.9 Å². The van der Waals surface area contributed by atoms with Crippen molar-refractivity contribution in [3.05, 3.63) is 48.6 Å². The SMILES string of the molecule is CC/C=C/C/C=C/C/C=C/CCCCCCC(=O)OC(/C=C/CCCCCCCCCCCC)C(COP(=O)([O-])OCC[N+](C)(C)C)NC(=O)CCCCCCCCCCCCCCCCC. The first-order chi connectivity index (χ1) is 32.4. The van der Waals surface area contributed by atoms with Crippen molar-refractivity contribution in [1.82, 2.24) is 5.32 Å². The first kappa shape index (κ1) is 65.0. The van der Waals surface area contributed by atoms with E-state index in [0.29, 0.717) is 23.9 Å². The fraction of sp³-hybridized carbons (Fsp3) is 0.825. The number of likely N-dealkylation sites (N-methyl/N-ethyl adjacent to an activating group) is 1. The number of carbonyl (C=O) groups is 2. The van der Waals surface area contributed by atoms with E-state index in [1.165, 1.54) is 128 Å². The predicted octanol–water partition coefficient (Wildman–Crippen LogP) is 15.9. The zero-order chi connectivity index (χ0) is 49.4. The topological polar surface area (TPSA) is 114 Å². The molecule has 392 valence electrons. The number of ether oxygens (including phenoxy) is 1. The van der Waals surface area contributed by atoms with E-state index in [1.54, 1.807) is 0 Å². The number of rotatable bonds is 50. The van der Waals surface area contributed by atoms with E-state index in [2.05, 4.69) is 62.5 Å². The minimum Gasteiger partial charge on any atom is -0.756 e. The van der Waals surface area contributed by atoms with Gasteiger partial charge in [-0.05, 0) is 63.9 Å². The number of unbranched alkanes of at least 4 members (excludes halogenated alkanes) is 28. The van der Waals surface area contributed by atoms with Crippen molar-refractivity contribution in [2.24, 2.45) is 0 Å². The van der Waals surface area contributed by atoms with E-state index in [4.69, 9.17) is 13.8 Å². The lowest BCUT2D eigenvalue weighted by Crippen LogP contribution is -2.47. The van der Waals surface area contributed by atoms with Crippen LogP contribution in [-0.4, -0.2) is 69.4 Å². The van der Waals surface area contributed by atoms with Gasteiger partial charge in [-0.25, -0.2) is 0 Å². The highest BCUT2D eigenvalue weighted by Gasteiger charge is 2.27. The Morgan fingerprint density at radius 2 is 0.955 bits per heavy atom. The largest absolute Gasteiger partial charge is 0.756 e. The van der Waals surface area contributed by atoms with E-state index < -0.39 is 26.6 Å². The number of phosphoric acid groups is 1. The summed E-state index contributed by atoms with van der Waals surface area (Å²) in [7, 11) is 1.17. The minimum absolute atomic E-state index is 0.0253. The molecular weight excluding hydrogens is 856 g/mol. The van der Waals surface area contributed by atoms with Crippen LogP contribution in [0.2, 0.25) is 0 Å². The fourth-order valence-corrected chi connectivity index (χ4v) is 8.67. The van der Waals surface area contributed by atoms with Crippen LogP contribution in [0.3, 0.4) is 0 Å². The monoisotopic (exact) mass is 963 g/mol.